The molecule has 1 heterocycles. The molecule has 0 fully saturated rings. The van der Waals surface area contributed by atoms with Crippen LogP contribution in [0.15, 0.2) is 59.7 Å². The third kappa shape index (κ3) is 81.1. The molecule has 0 amide bonds. The van der Waals surface area contributed by atoms with Crippen LogP contribution in [0.25, 0.3) is 16.9 Å². The first kappa shape index (κ1) is 123. The molecule has 0 aromatic heterocycles. The number of allylic oxidation sites excluding steroid dienone is 2. The molecule has 0 N–H and O–H groups in total. The normalized spacial score (nSPS) is 12.0. The molecular weight excluding hydrogens is 1600 g/mol. The van der Waals surface area contributed by atoms with Gasteiger partial charge in [-0.05, 0) is 80.7 Å². The van der Waals surface area contributed by atoms with Crippen LogP contribution in [-0.4, -0.2) is 4.70 Å². The third-order valence-electron chi connectivity index (χ3n) is 27.7. The molecule has 0 radical (unpaired) electrons. The van der Waals surface area contributed by atoms with Gasteiger partial charge in [0.05, 0.1) is 0 Å². The number of aryl methyl sites for hydroxylation is 2. The second kappa shape index (κ2) is 104. The predicted octanol–water partition coefficient (Wildman–Crippen LogP) is 44.4. The molecule has 0 aliphatic carbocycles. The first-order valence-electron chi connectivity index (χ1n) is 57.7. The van der Waals surface area contributed by atoms with Gasteiger partial charge in [-0.1, -0.05) is 611 Å². The summed E-state index contributed by atoms with van der Waals surface area (Å²) in [5, 5.41) is 0. The fourth-order valence-corrected chi connectivity index (χ4v) is 19.3. The minimum absolute atomic E-state index is 0. The first-order valence-corrected chi connectivity index (χ1v) is 57.7. The van der Waals surface area contributed by atoms with E-state index < -0.39 is 0 Å². The molecule has 730 valence electrons. The Kier molecular flexibility index (Phi) is 102. The van der Waals surface area contributed by atoms with Crippen LogP contribution in [0.3, 0.4) is 0 Å². The van der Waals surface area contributed by atoms with E-state index >= 15 is 0 Å². The molecule has 0 bridgehead atoms. The Morgan fingerprint density at radius 2 is 0.456 bits per heavy atom. The van der Waals surface area contributed by atoms with E-state index in [1.165, 1.54) is 579 Å². The Morgan fingerprint density at radius 1 is 0.224 bits per heavy atom. The van der Waals surface area contributed by atoms with Gasteiger partial charge in [-0.2, -0.15) is 12.8 Å². The Balaban J connectivity index is 0.00000221. The Morgan fingerprint density at radius 3 is 0.752 bits per heavy atom. The van der Waals surface area contributed by atoms with Crippen molar-refractivity contribution in [2.24, 2.45) is 0 Å². The van der Waals surface area contributed by atoms with Gasteiger partial charge in [0.2, 0.25) is 11.4 Å². The molecule has 125 heavy (non-hydrogen) atoms. The summed E-state index contributed by atoms with van der Waals surface area (Å²) in [6.07, 6.45) is 134. The molecule has 0 unspecified atom stereocenters. The van der Waals surface area contributed by atoms with E-state index in [2.05, 4.69) is 116 Å². The zero-order valence-corrected chi connectivity index (χ0v) is 87.7. The maximum atomic E-state index is 12.4. The summed E-state index contributed by atoms with van der Waals surface area (Å²) in [5.74, 6) is 6.96. The summed E-state index contributed by atoms with van der Waals surface area (Å²) in [4.78, 5) is 0. The van der Waals surface area contributed by atoms with E-state index in [4.69, 9.17) is 0 Å². The number of hydrogen-bond acceptors (Lipinski definition) is 0. The van der Waals surface area contributed by atoms with Gasteiger partial charge in [0.25, 0.3) is 0 Å². The van der Waals surface area contributed by atoms with Crippen molar-refractivity contribution in [1.29, 1.82) is 0 Å². The maximum Gasteiger partial charge on any atom is 2.00 e. The first-order chi connectivity index (χ1) is 61.5. The predicted molar refractivity (Wildman–Crippen MR) is 564 cm³/mol. The van der Waals surface area contributed by atoms with Crippen LogP contribution in [0, 0.1) is 25.7 Å². The molecule has 3 heteroatoms. The van der Waals surface area contributed by atoms with Crippen molar-refractivity contribution in [1.82, 2.24) is 0 Å². The third-order valence-corrected chi connectivity index (χ3v) is 27.7. The molecule has 2 aromatic carbocycles. The number of unbranched alkanes of at least 4 members (excludes halogenated alkanes) is 85. The molecule has 1 aliphatic heterocycles. The van der Waals surface area contributed by atoms with E-state index in [9.17, 15) is 5.53 Å². The van der Waals surface area contributed by atoms with E-state index in [0.717, 1.165) is 82.0 Å². The molecule has 1 aliphatic rings. The number of rotatable bonds is 95. The van der Waals surface area contributed by atoms with E-state index in [-0.39, 0.29) is 20.4 Å². The van der Waals surface area contributed by atoms with Crippen molar-refractivity contribution in [2.45, 2.75) is 658 Å². The Bertz CT molecular complexity index is 2490. The van der Waals surface area contributed by atoms with Gasteiger partial charge in [0.15, 0.2) is 0 Å². The molecule has 2 nitrogen and oxygen atoms in total. The van der Waals surface area contributed by atoms with Gasteiger partial charge in [0, 0.05) is 35.1 Å². The summed E-state index contributed by atoms with van der Waals surface area (Å²) in [6.45, 7) is 21.6. The fraction of sp³-hybridized carbons (Fsp3) is 0.836. The average Bonchev–Trinajstić information content (AvgIpc) is 1.60. The van der Waals surface area contributed by atoms with Crippen molar-refractivity contribution >= 4 is 11.4 Å². The molecule has 0 atom stereocenters. The second-order valence-corrected chi connectivity index (χ2v) is 39.9. The van der Waals surface area contributed by atoms with Crippen LogP contribution in [0.2, 0.25) is 0 Å². The minimum atomic E-state index is 0. The van der Waals surface area contributed by atoms with E-state index in [1.54, 1.807) is 4.70 Å². The van der Waals surface area contributed by atoms with Crippen molar-refractivity contribution in [3.8, 4) is 11.8 Å². The second-order valence-electron chi connectivity index (χ2n) is 39.9. The molecule has 0 saturated carbocycles. The summed E-state index contributed by atoms with van der Waals surface area (Å²) in [7, 11) is 0. The van der Waals surface area contributed by atoms with Gasteiger partial charge >= 0.3 is 20.4 Å². The smallest absolute Gasteiger partial charge is 0.493 e. The summed E-state index contributed by atoms with van der Waals surface area (Å²) < 4.78 is 1.61. The van der Waals surface area contributed by atoms with Crippen molar-refractivity contribution in [3.05, 3.63) is 101 Å². The summed E-state index contributed by atoms with van der Waals surface area (Å²) in [6, 6.07) is 18.0. The molecule has 2 aromatic rings. The van der Waals surface area contributed by atoms with Gasteiger partial charge in [0.1, 0.15) is 0 Å². The van der Waals surface area contributed by atoms with Crippen molar-refractivity contribution in [2.75, 3.05) is 0 Å². The van der Waals surface area contributed by atoms with Gasteiger partial charge in [-0.15, -0.1) is 11.8 Å². The molecule has 0 saturated heterocycles. The number of hydrogen-bond donors (Lipinski definition) is 0. The molecule has 0 spiro atoms. The molecular formula is C122H222N2Pd. The van der Waals surface area contributed by atoms with Crippen LogP contribution >= 0.6 is 0 Å². The van der Waals surface area contributed by atoms with Crippen LogP contribution in [-0.2, 0) is 33.3 Å². The van der Waals surface area contributed by atoms with Crippen molar-refractivity contribution < 1.29 is 25.1 Å². The van der Waals surface area contributed by atoms with E-state index in [0.29, 0.717) is 0 Å². The topological polar surface area (TPSA) is 25.3 Å². The largest absolute Gasteiger partial charge is 2.00 e. The van der Waals surface area contributed by atoms with E-state index in [1.807, 2.05) is 0 Å². The Hall–Kier alpha value is -2.26. The fourth-order valence-electron chi connectivity index (χ4n) is 19.3. The number of benzene rings is 2. The minimum Gasteiger partial charge on any atom is -0.493 e. The summed E-state index contributed by atoms with van der Waals surface area (Å²) in [5.41, 5.74) is 22.3. The van der Waals surface area contributed by atoms with Crippen LogP contribution in [0.1, 0.15) is 667 Å². The van der Waals surface area contributed by atoms with Crippen LogP contribution in [0.5, 0.6) is 0 Å². The average molecular weight is 1820 g/mol. The Labute approximate surface area is 801 Å². The summed E-state index contributed by atoms with van der Waals surface area (Å²) >= 11 is 0. The number of nitrogens with zero attached hydrogens (tertiary/aromatic N) is 2. The van der Waals surface area contributed by atoms with Gasteiger partial charge in [-0.3, -0.25) is 0 Å². The standard InChI is InChI=1S/C66H108N2.2C28H57.Pd/c1-5-9-13-16-18-20-21-22-23-24-25-26-27-28-29-30-31-32-33-34-35-36-37-39-40-42-44-50-59-51-49-54-61(58-59)65-63(55-12-8-4)64(57-46-15-11-7-3)66(68(65)67)62-56-48-47-53-60(62)52-45-43-41-38-19-17-14-10-6-2;2*1-3-5-7-9-11-13-15-17-19-21-23-25-27-28-26-24-22-20-18-16-14-12-10-8-6-4-2;/h47-49,51,53-54,56,58H,5-40,42,44-46,50,52,55,57H2,1-4H3;2*1,3-28H2,2H3;/q;2*-1;+2. The monoisotopic (exact) mass is 1820 g/mol. The van der Waals surface area contributed by atoms with Crippen LogP contribution < -0.4 is 0 Å². The van der Waals surface area contributed by atoms with Gasteiger partial charge in [-0.25, -0.2) is 4.70 Å². The maximum absolute atomic E-state index is 12.4. The quantitative estimate of drug-likeness (QED) is 0.0207. The molecule has 3 rings (SSSR count). The van der Waals surface area contributed by atoms with Crippen LogP contribution in [0.4, 0.5) is 0 Å². The zero-order chi connectivity index (χ0) is 89.1. The van der Waals surface area contributed by atoms with Crippen molar-refractivity contribution in [3.63, 3.8) is 0 Å². The zero-order valence-electron chi connectivity index (χ0n) is 86.1. The SMILES string of the molecule is CCCCCCCC#CCCc1ccccc1C1=C(CCCCCC)C(CCCC)=C(c2cccc(CCCCCCCCCCCCCCCCCCCCCCCCCCCCC)c2)[N+]1=[N-].[CH2-]CCCCCCCCCCCCCCCCCCCCCCCCCCC.[CH2-]CCCCCCCCCCCCCCCCCCCCCCCCCCC.[Pd+2]. The van der Waals surface area contributed by atoms with Gasteiger partial charge < -0.3 is 19.4 Å².